The fourth-order valence-corrected chi connectivity index (χ4v) is 5.92. The molecule has 43 heavy (non-hydrogen) atoms. The smallest absolute Gasteiger partial charge is 0.311 e. The highest BCUT2D eigenvalue weighted by atomic mass is 16.8. The van der Waals surface area contributed by atoms with Gasteiger partial charge in [0.1, 0.15) is 24.9 Å². The second-order valence-electron chi connectivity index (χ2n) is 13.1. The average molecular weight is 612 g/mol. The highest BCUT2D eigenvalue weighted by Crippen LogP contribution is 2.39. The van der Waals surface area contributed by atoms with Crippen molar-refractivity contribution in [3.63, 3.8) is 0 Å². The van der Waals surface area contributed by atoms with Crippen molar-refractivity contribution >= 4 is 23.9 Å². The molecule has 12 heteroatoms. The van der Waals surface area contributed by atoms with Gasteiger partial charge in [-0.2, -0.15) is 5.26 Å². The van der Waals surface area contributed by atoms with Gasteiger partial charge >= 0.3 is 23.9 Å². The van der Waals surface area contributed by atoms with E-state index in [-0.39, 0.29) is 36.9 Å². The third-order valence-electron chi connectivity index (χ3n) is 8.15. The molecule has 10 atom stereocenters. The average Bonchev–Trinajstić information content (AvgIpc) is 2.89. The molecule has 2 aliphatic rings. The van der Waals surface area contributed by atoms with Crippen molar-refractivity contribution in [1.82, 2.24) is 0 Å². The summed E-state index contributed by atoms with van der Waals surface area (Å²) >= 11 is 0. The Hall–Kier alpha value is -2.75. The van der Waals surface area contributed by atoms with Gasteiger partial charge in [0.25, 0.3) is 0 Å². The van der Waals surface area contributed by atoms with Crippen molar-refractivity contribution in [2.24, 2.45) is 28.6 Å². The maximum absolute atomic E-state index is 13.1. The zero-order valence-corrected chi connectivity index (χ0v) is 27.3. The van der Waals surface area contributed by atoms with Crippen LogP contribution in [-0.2, 0) is 52.3 Å². The van der Waals surface area contributed by atoms with Gasteiger partial charge in [0.15, 0.2) is 12.4 Å². The van der Waals surface area contributed by atoms with Crippen molar-refractivity contribution in [2.45, 2.75) is 132 Å². The van der Waals surface area contributed by atoms with Gasteiger partial charge in [-0.15, -0.1) is 0 Å². The SMILES string of the molecule is CC[C@H]1O[C@H](O[C@H]2O[C@H](COC(=O)C(C)(C)CC(C)(C)C#N)[C@@H](OC(C)=O)[C@H](C)[C@H]2C)[C@H](OC(C)=O)[C@@H](OC(C)=O)[C@@H]1C. The zero-order valence-electron chi connectivity index (χ0n) is 27.3. The van der Waals surface area contributed by atoms with Gasteiger partial charge in [0.2, 0.25) is 6.29 Å². The van der Waals surface area contributed by atoms with E-state index in [1.807, 2.05) is 27.7 Å². The predicted octanol–water partition coefficient (Wildman–Crippen LogP) is 4.08. The maximum atomic E-state index is 13.1. The van der Waals surface area contributed by atoms with Crippen LogP contribution in [0.5, 0.6) is 0 Å². The zero-order chi connectivity index (χ0) is 32.9. The summed E-state index contributed by atoms with van der Waals surface area (Å²) < 4.78 is 41.3. The molecule has 0 aromatic heterocycles. The molecular formula is C31H49NO11. The lowest BCUT2D eigenvalue weighted by Gasteiger charge is -2.48. The monoisotopic (exact) mass is 611 g/mol. The summed E-state index contributed by atoms with van der Waals surface area (Å²) in [5.41, 5.74) is -1.71. The second-order valence-corrected chi connectivity index (χ2v) is 13.1. The van der Waals surface area contributed by atoms with Crippen LogP contribution in [0.1, 0.15) is 89.0 Å². The van der Waals surface area contributed by atoms with Crippen LogP contribution in [0.2, 0.25) is 0 Å². The highest BCUT2D eigenvalue weighted by Gasteiger charge is 2.52. The number of hydrogen-bond donors (Lipinski definition) is 0. The van der Waals surface area contributed by atoms with Crippen LogP contribution in [0.15, 0.2) is 0 Å². The minimum atomic E-state index is -1.14. The van der Waals surface area contributed by atoms with E-state index in [0.29, 0.717) is 6.42 Å². The molecule has 2 aliphatic heterocycles. The molecule has 0 bridgehead atoms. The number of hydrogen-bond acceptors (Lipinski definition) is 12. The largest absolute Gasteiger partial charge is 0.462 e. The molecule has 12 nitrogen and oxygen atoms in total. The molecule has 0 amide bonds. The Morgan fingerprint density at radius 1 is 0.744 bits per heavy atom. The molecule has 0 radical (unpaired) electrons. The fourth-order valence-electron chi connectivity index (χ4n) is 5.92. The standard InChI is InChI=1S/C31H49NO11/c1-12-22-18(4)25(39-20(6)34)26(40-21(7)35)28(41-22)43-27-17(3)16(2)24(38-19(5)33)23(42-27)13-37-29(36)31(10,11)14-30(8,9)15-32/h16-18,22-28H,12-14H2,1-11H3/t16-,17-,18-,22-,23-,24+,25+,26-,27-,28-/m1/s1. The maximum Gasteiger partial charge on any atom is 0.311 e. The van der Waals surface area contributed by atoms with Crippen LogP contribution in [-0.4, -0.2) is 73.6 Å². The summed E-state index contributed by atoms with van der Waals surface area (Å²) in [4.78, 5) is 49.2. The van der Waals surface area contributed by atoms with E-state index in [1.54, 1.807) is 27.7 Å². The molecule has 0 unspecified atom stereocenters. The van der Waals surface area contributed by atoms with Gasteiger partial charge in [-0.1, -0.05) is 27.7 Å². The minimum absolute atomic E-state index is 0.242. The number of nitriles is 1. The van der Waals surface area contributed by atoms with E-state index < -0.39 is 71.7 Å². The summed E-state index contributed by atoms with van der Waals surface area (Å²) in [5, 5.41) is 9.44. The number of carbonyl (C=O) groups excluding carboxylic acids is 4. The first-order valence-corrected chi connectivity index (χ1v) is 14.9. The summed E-state index contributed by atoms with van der Waals surface area (Å²) in [7, 11) is 0. The van der Waals surface area contributed by atoms with Crippen LogP contribution in [0, 0.1) is 39.9 Å². The molecule has 0 spiro atoms. The van der Waals surface area contributed by atoms with Gasteiger partial charge in [0.05, 0.1) is 23.0 Å². The lowest BCUT2D eigenvalue weighted by Crippen LogP contribution is -2.60. The first kappa shape index (κ1) is 36.4. The molecular weight excluding hydrogens is 562 g/mol. The van der Waals surface area contributed by atoms with Gasteiger partial charge in [-0.05, 0) is 40.5 Å². The fraction of sp³-hybridized carbons (Fsp3) is 0.839. The quantitative estimate of drug-likeness (QED) is 0.244. The van der Waals surface area contributed by atoms with Crippen LogP contribution in [0.25, 0.3) is 0 Å². The number of nitrogens with zero attached hydrogens (tertiary/aromatic N) is 1. The molecule has 0 N–H and O–H groups in total. The summed E-state index contributed by atoms with van der Waals surface area (Å²) in [6.07, 6.45) is -5.18. The molecule has 2 heterocycles. The molecule has 2 rings (SSSR count). The predicted molar refractivity (Wildman–Crippen MR) is 152 cm³/mol. The molecule has 0 aromatic rings. The second kappa shape index (κ2) is 14.8. The van der Waals surface area contributed by atoms with Gasteiger partial charge in [0, 0.05) is 38.5 Å². The van der Waals surface area contributed by atoms with Crippen molar-refractivity contribution in [1.29, 1.82) is 5.26 Å². The first-order valence-electron chi connectivity index (χ1n) is 14.9. The molecule has 0 aliphatic carbocycles. The highest BCUT2D eigenvalue weighted by molar-refractivity contribution is 5.76. The molecule has 2 fully saturated rings. The summed E-state index contributed by atoms with van der Waals surface area (Å²) in [5.74, 6) is -3.14. The third kappa shape index (κ3) is 9.62. The Labute approximate surface area is 255 Å². The lowest BCUT2D eigenvalue weighted by molar-refractivity contribution is -0.360. The molecule has 0 aromatic carbocycles. The number of carbonyl (C=O) groups is 4. The Balaban J connectivity index is 2.33. The Morgan fingerprint density at radius 2 is 1.26 bits per heavy atom. The topological polar surface area (TPSA) is 157 Å². The van der Waals surface area contributed by atoms with E-state index in [4.69, 9.17) is 33.2 Å². The van der Waals surface area contributed by atoms with Crippen LogP contribution < -0.4 is 0 Å². The van der Waals surface area contributed by atoms with Crippen LogP contribution in [0.4, 0.5) is 0 Å². The lowest BCUT2D eigenvalue weighted by atomic mass is 9.76. The molecule has 244 valence electrons. The number of esters is 4. The van der Waals surface area contributed by atoms with Crippen molar-refractivity contribution in [3.8, 4) is 6.07 Å². The van der Waals surface area contributed by atoms with E-state index in [2.05, 4.69) is 6.07 Å². The molecule has 0 saturated carbocycles. The number of rotatable bonds is 11. The first-order chi connectivity index (χ1) is 19.8. The van der Waals surface area contributed by atoms with Gasteiger partial charge < -0.3 is 33.2 Å². The Morgan fingerprint density at radius 3 is 1.77 bits per heavy atom. The third-order valence-corrected chi connectivity index (χ3v) is 8.15. The summed E-state index contributed by atoms with van der Waals surface area (Å²) in [6.45, 7) is 18.0. The van der Waals surface area contributed by atoms with Crippen LogP contribution >= 0.6 is 0 Å². The van der Waals surface area contributed by atoms with Crippen molar-refractivity contribution in [3.05, 3.63) is 0 Å². The van der Waals surface area contributed by atoms with Gasteiger partial charge in [-0.25, -0.2) is 0 Å². The van der Waals surface area contributed by atoms with Crippen molar-refractivity contribution < 1.29 is 52.3 Å². The molecule has 2 saturated heterocycles. The minimum Gasteiger partial charge on any atom is -0.462 e. The Bertz CT molecular complexity index is 1050. The van der Waals surface area contributed by atoms with Gasteiger partial charge in [-0.3, -0.25) is 19.2 Å². The normalized spacial score (nSPS) is 33.1. The van der Waals surface area contributed by atoms with E-state index in [9.17, 15) is 24.4 Å². The van der Waals surface area contributed by atoms with E-state index >= 15 is 0 Å². The van der Waals surface area contributed by atoms with Crippen LogP contribution in [0.3, 0.4) is 0 Å². The summed E-state index contributed by atoms with van der Waals surface area (Å²) in [6, 6.07) is 2.20. The van der Waals surface area contributed by atoms with E-state index in [1.165, 1.54) is 20.8 Å². The number of ether oxygens (including phenoxy) is 7. The van der Waals surface area contributed by atoms with Crippen molar-refractivity contribution in [2.75, 3.05) is 6.61 Å². The Kier molecular flexibility index (Phi) is 12.6. The van der Waals surface area contributed by atoms with E-state index in [0.717, 1.165) is 0 Å².